The smallest absolute Gasteiger partial charge is 0.140 e. The van der Waals surface area contributed by atoms with Crippen LogP contribution in [0.4, 0.5) is 5.69 Å². The highest BCUT2D eigenvalue weighted by molar-refractivity contribution is 5.45. The van der Waals surface area contributed by atoms with Crippen molar-refractivity contribution in [1.82, 2.24) is 4.98 Å². The lowest BCUT2D eigenvalue weighted by Crippen LogP contribution is -2.10. The van der Waals surface area contributed by atoms with Gasteiger partial charge in [0.15, 0.2) is 0 Å². The molecule has 3 heteroatoms. The highest BCUT2D eigenvalue weighted by atomic mass is 16.5. The van der Waals surface area contributed by atoms with Crippen LogP contribution in [0.3, 0.4) is 0 Å². The predicted molar refractivity (Wildman–Crippen MR) is 63.4 cm³/mol. The van der Waals surface area contributed by atoms with Gasteiger partial charge < -0.3 is 10.1 Å². The summed E-state index contributed by atoms with van der Waals surface area (Å²) in [6, 6.07) is 1.99. The highest BCUT2D eigenvalue weighted by Crippen LogP contribution is 2.17. The van der Waals surface area contributed by atoms with Crippen LogP contribution >= 0.6 is 0 Å². The van der Waals surface area contributed by atoms with E-state index in [1.807, 2.05) is 12.3 Å². The van der Waals surface area contributed by atoms with Crippen LogP contribution in [0, 0.1) is 0 Å². The van der Waals surface area contributed by atoms with E-state index in [1.54, 1.807) is 6.20 Å². The van der Waals surface area contributed by atoms with Gasteiger partial charge in [-0.1, -0.05) is 13.8 Å². The summed E-state index contributed by atoms with van der Waals surface area (Å²) in [6.07, 6.45) is 5.93. The molecule has 0 spiro atoms. The molecule has 0 aromatic carbocycles. The van der Waals surface area contributed by atoms with E-state index in [9.17, 15) is 0 Å². The van der Waals surface area contributed by atoms with Gasteiger partial charge in [0, 0.05) is 12.6 Å². The first-order valence-electron chi connectivity index (χ1n) is 5.61. The van der Waals surface area contributed by atoms with Crippen molar-refractivity contribution in [3.05, 3.63) is 18.5 Å². The molecule has 1 aromatic rings. The third-order valence-electron chi connectivity index (χ3n) is 2.20. The maximum absolute atomic E-state index is 5.68. The Hall–Kier alpha value is -1.25. The molecule has 0 saturated heterocycles. The molecule has 1 rings (SSSR count). The predicted octanol–water partition coefficient (Wildman–Crippen LogP) is 3.08. The Bertz CT molecular complexity index is 289. The molecule has 0 amide bonds. The molecule has 0 aliphatic rings. The van der Waals surface area contributed by atoms with Crippen molar-refractivity contribution >= 4 is 5.69 Å². The number of nitrogens with one attached hydrogen (secondary N) is 1. The maximum atomic E-state index is 5.68. The van der Waals surface area contributed by atoms with Crippen LogP contribution in [0.1, 0.15) is 33.6 Å². The summed E-state index contributed by atoms with van der Waals surface area (Å²) in [6.45, 7) is 7.28. The number of rotatable bonds is 6. The molecule has 1 N–H and O–H groups in total. The van der Waals surface area contributed by atoms with Crippen LogP contribution in [0.15, 0.2) is 18.5 Å². The van der Waals surface area contributed by atoms with E-state index >= 15 is 0 Å². The number of aromatic nitrogens is 1. The molecule has 0 bridgehead atoms. The van der Waals surface area contributed by atoms with Gasteiger partial charge in [0.05, 0.1) is 24.2 Å². The second-order valence-corrected chi connectivity index (χ2v) is 3.67. The number of ether oxygens (including phenoxy) is 1. The van der Waals surface area contributed by atoms with Crippen molar-refractivity contribution in [2.24, 2.45) is 0 Å². The van der Waals surface area contributed by atoms with Gasteiger partial charge in [-0.15, -0.1) is 0 Å². The monoisotopic (exact) mass is 208 g/mol. The first-order valence-corrected chi connectivity index (χ1v) is 5.61. The van der Waals surface area contributed by atoms with Crippen LogP contribution in [0.25, 0.3) is 0 Å². The zero-order chi connectivity index (χ0) is 11.1. The average molecular weight is 208 g/mol. The second-order valence-electron chi connectivity index (χ2n) is 3.67. The molecule has 1 unspecified atom stereocenters. The van der Waals surface area contributed by atoms with Crippen molar-refractivity contribution in [3.8, 4) is 5.75 Å². The van der Waals surface area contributed by atoms with E-state index < -0.39 is 0 Å². The summed E-state index contributed by atoms with van der Waals surface area (Å²) in [5.41, 5.74) is 1.03. The summed E-state index contributed by atoms with van der Waals surface area (Å²) in [4.78, 5) is 4.14. The van der Waals surface area contributed by atoms with E-state index in [0.717, 1.165) is 30.8 Å². The fourth-order valence-corrected chi connectivity index (χ4v) is 1.16. The van der Waals surface area contributed by atoms with Gasteiger partial charge in [0.25, 0.3) is 0 Å². The lowest BCUT2D eigenvalue weighted by Gasteiger charge is -2.13. The van der Waals surface area contributed by atoms with Crippen molar-refractivity contribution in [1.29, 1.82) is 0 Å². The van der Waals surface area contributed by atoms with Crippen LogP contribution in [-0.2, 0) is 0 Å². The third-order valence-corrected chi connectivity index (χ3v) is 2.20. The van der Waals surface area contributed by atoms with Crippen LogP contribution in [0.5, 0.6) is 5.75 Å². The molecule has 1 aromatic heterocycles. The molecule has 1 heterocycles. The van der Waals surface area contributed by atoms with E-state index in [2.05, 4.69) is 31.1 Å². The van der Waals surface area contributed by atoms with E-state index in [-0.39, 0.29) is 6.10 Å². The summed E-state index contributed by atoms with van der Waals surface area (Å²) in [5.74, 6) is 0.838. The Morgan fingerprint density at radius 3 is 2.87 bits per heavy atom. The number of hydrogen-bond acceptors (Lipinski definition) is 3. The Balaban J connectivity index is 2.57. The van der Waals surface area contributed by atoms with E-state index in [4.69, 9.17) is 4.74 Å². The molecular formula is C12H20N2O. The fraction of sp³-hybridized carbons (Fsp3) is 0.583. The molecule has 0 fully saturated rings. The first kappa shape index (κ1) is 11.8. The quantitative estimate of drug-likeness (QED) is 0.780. The normalized spacial score (nSPS) is 12.2. The van der Waals surface area contributed by atoms with Gasteiger partial charge in [0.2, 0.25) is 0 Å². The Morgan fingerprint density at radius 1 is 1.40 bits per heavy atom. The Kier molecular flexibility index (Phi) is 4.95. The van der Waals surface area contributed by atoms with E-state index in [1.165, 1.54) is 0 Å². The third kappa shape index (κ3) is 4.19. The van der Waals surface area contributed by atoms with Gasteiger partial charge in [-0.2, -0.15) is 0 Å². The average Bonchev–Trinajstić information content (AvgIpc) is 2.26. The number of hydrogen-bond donors (Lipinski definition) is 1. The Labute approximate surface area is 91.9 Å². The summed E-state index contributed by atoms with van der Waals surface area (Å²) in [7, 11) is 0. The van der Waals surface area contributed by atoms with Crippen molar-refractivity contribution < 1.29 is 4.74 Å². The molecule has 0 radical (unpaired) electrons. The van der Waals surface area contributed by atoms with E-state index in [0.29, 0.717) is 0 Å². The fourth-order valence-electron chi connectivity index (χ4n) is 1.16. The standard InChI is InChI=1S/C12H20N2O/c1-4-6-14-11-7-12(9-13-8-11)15-10(3)5-2/h7-10,14H,4-6H2,1-3H3. The Morgan fingerprint density at radius 2 is 2.20 bits per heavy atom. The zero-order valence-corrected chi connectivity index (χ0v) is 9.79. The summed E-state index contributed by atoms with van der Waals surface area (Å²) >= 11 is 0. The van der Waals surface area contributed by atoms with Gasteiger partial charge in [-0.3, -0.25) is 4.98 Å². The molecule has 1 atom stereocenters. The lowest BCUT2D eigenvalue weighted by molar-refractivity contribution is 0.217. The van der Waals surface area contributed by atoms with Gasteiger partial charge in [0.1, 0.15) is 5.75 Å². The van der Waals surface area contributed by atoms with Gasteiger partial charge in [-0.05, 0) is 19.8 Å². The van der Waals surface area contributed by atoms with Crippen molar-refractivity contribution in [2.45, 2.75) is 39.7 Å². The minimum absolute atomic E-state index is 0.244. The van der Waals surface area contributed by atoms with Gasteiger partial charge in [-0.25, -0.2) is 0 Å². The van der Waals surface area contributed by atoms with Crippen LogP contribution in [0.2, 0.25) is 0 Å². The number of anilines is 1. The highest BCUT2D eigenvalue weighted by Gasteiger charge is 2.02. The minimum Gasteiger partial charge on any atom is -0.489 e. The van der Waals surface area contributed by atoms with Crippen molar-refractivity contribution in [2.75, 3.05) is 11.9 Å². The molecular weight excluding hydrogens is 188 g/mol. The maximum Gasteiger partial charge on any atom is 0.140 e. The first-order chi connectivity index (χ1) is 7.26. The zero-order valence-electron chi connectivity index (χ0n) is 9.79. The largest absolute Gasteiger partial charge is 0.489 e. The molecule has 84 valence electrons. The lowest BCUT2D eigenvalue weighted by atomic mass is 10.3. The molecule has 0 aliphatic heterocycles. The molecule has 15 heavy (non-hydrogen) atoms. The molecule has 3 nitrogen and oxygen atoms in total. The molecule has 0 aliphatic carbocycles. The minimum atomic E-state index is 0.244. The summed E-state index contributed by atoms with van der Waals surface area (Å²) in [5, 5.41) is 3.28. The molecule has 0 saturated carbocycles. The number of nitrogens with zero attached hydrogens (tertiary/aromatic N) is 1. The van der Waals surface area contributed by atoms with Gasteiger partial charge >= 0.3 is 0 Å². The van der Waals surface area contributed by atoms with Crippen molar-refractivity contribution in [3.63, 3.8) is 0 Å². The van der Waals surface area contributed by atoms with Crippen LogP contribution < -0.4 is 10.1 Å². The van der Waals surface area contributed by atoms with Crippen LogP contribution in [-0.4, -0.2) is 17.6 Å². The summed E-state index contributed by atoms with van der Waals surface area (Å²) < 4.78 is 5.68. The second kappa shape index (κ2) is 6.27. The number of pyridine rings is 1. The SMILES string of the molecule is CCCNc1cncc(OC(C)CC)c1. The topological polar surface area (TPSA) is 34.2 Å².